The highest BCUT2D eigenvalue weighted by Crippen LogP contribution is 2.40. The molecule has 1 aromatic heterocycles. The molecule has 1 aliphatic rings. The van der Waals surface area contributed by atoms with Gasteiger partial charge in [0.1, 0.15) is 11.3 Å². The first-order chi connectivity index (χ1) is 8.02. The molecule has 2 rings (SSSR count). The van der Waals surface area contributed by atoms with Crippen LogP contribution < -0.4 is 5.32 Å². The average Bonchev–Trinajstić information content (AvgIpc) is 2.99. The van der Waals surface area contributed by atoms with Crippen molar-refractivity contribution < 1.29 is 14.3 Å². The number of carboxylic acid groups (broad SMARTS) is 1. The van der Waals surface area contributed by atoms with E-state index < -0.39 is 11.5 Å². The summed E-state index contributed by atoms with van der Waals surface area (Å²) in [6, 6.07) is 3.84. The van der Waals surface area contributed by atoms with Crippen LogP contribution >= 0.6 is 0 Å². The SMILES string of the molecule is CC(Cc1ccco1)NC(C)(C(=O)O)C1CC1. The molecule has 17 heavy (non-hydrogen) atoms. The average molecular weight is 237 g/mol. The molecule has 0 saturated heterocycles. The van der Waals surface area contributed by atoms with Crippen molar-refractivity contribution in [2.24, 2.45) is 5.92 Å². The van der Waals surface area contributed by atoms with E-state index in [1.165, 1.54) is 0 Å². The van der Waals surface area contributed by atoms with Crippen LogP contribution in [0.25, 0.3) is 0 Å². The first kappa shape index (κ1) is 12.2. The van der Waals surface area contributed by atoms with E-state index in [9.17, 15) is 9.90 Å². The van der Waals surface area contributed by atoms with Gasteiger partial charge in [-0.05, 0) is 44.7 Å². The van der Waals surface area contributed by atoms with Gasteiger partial charge in [-0.25, -0.2) is 0 Å². The minimum Gasteiger partial charge on any atom is -0.480 e. The second-order valence-electron chi connectivity index (χ2n) is 5.11. The largest absolute Gasteiger partial charge is 0.480 e. The number of rotatable bonds is 6. The van der Waals surface area contributed by atoms with Gasteiger partial charge in [0.05, 0.1) is 6.26 Å². The Balaban J connectivity index is 1.96. The molecule has 4 nitrogen and oxygen atoms in total. The smallest absolute Gasteiger partial charge is 0.323 e. The molecule has 0 aliphatic heterocycles. The molecule has 2 N–H and O–H groups in total. The van der Waals surface area contributed by atoms with Crippen molar-refractivity contribution in [1.82, 2.24) is 5.32 Å². The monoisotopic (exact) mass is 237 g/mol. The Bertz CT molecular complexity index is 383. The van der Waals surface area contributed by atoms with Crippen LogP contribution in [0.4, 0.5) is 0 Å². The summed E-state index contributed by atoms with van der Waals surface area (Å²) in [5.41, 5.74) is -0.800. The third-order valence-electron chi connectivity index (χ3n) is 3.47. The molecule has 1 aromatic rings. The molecular weight excluding hydrogens is 218 g/mol. The van der Waals surface area contributed by atoms with Crippen LogP contribution in [-0.4, -0.2) is 22.7 Å². The van der Waals surface area contributed by atoms with Gasteiger partial charge >= 0.3 is 5.97 Å². The van der Waals surface area contributed by atoms with Gasteiger partial charge in [0.2, 0.25) is 0 Å². The number of carboxylic acids is 1. The molecule has 94 valence electrons. The van der Waals surface area contributed by atoms with Crippen molar-refractivity contribution >= 4 is 5.97 Å². The molecular formula is C13H19NO3. The van der Waals surface area contributed by atoms with Gasteiger partial charge in [0.25, 0.3) is 0 Å². The van der Waals surface area contributed by atoms with Gasteiger partial charge < -0.3 is 9.52 Å². The molecule has 0 spiro atoms. The van der Waals surface area contributed by atoms with E-state index >= 15 is 0 Å². The van der Waals surface area contributed by atoms with Gasteiger partial charge in [0, 0.05) is 12.5 Å². The summed E-state index contributed by atoms with van der Waals surface area (Å²) in [6.45, 7) is 3.78. The van der Waals surface area contributed by atoms with Crippen LogP contribution in [0, 0.1) is 5.92 Å². The number of carbonyl (C=O) groups is 1. The van der Waals surface area contributed by atoms with E-state index in [1.807, 2.05) is 19.1 Å². The molecule has 0 aromatic carbocycles. The summed E-state index contributed by atoms with van der Waals surface area (Å²) >= 11 is 0. The minimum absolute atomic E-state index is 0.0860. The molecule has 1 heterocycles. The molecule has 0 radical (unpaired) electrons. The minimum atomic E-state index is -0.800. The lowest BCUT2D eigenvalue weighted by Crippen LogP contribution is -2.55. The van der Waals surface area contributed by atoms with Crippen LogP contribution in [0.3, 0.4) is 0 Å². The maximum atomic E-state index is 11.4. The predicted octanol–water partition coefficient (Wildman–Crippen LogP) is 2.05. The van der Waals surface area contributed by atoms with Crippen LogP contribution in [-0.2, 0) is 11.2 Å². The van der Waals surface area contributed by atoms with Crippen molar-refractivity contribution in [2.45, 2.75) is 44.7 Å². The quantitative estimate of drug-likeness (QED) is 0.795. The van der Waals surface area contributed by atoms with E-state index in [4.69, 9.17) is 4.42 Å². The van der Waals surface area contributed by atoms with E-state index in [0.717, 1.165) is 18.6 Å². The summed E-state index contributed by atoms with van der Waals surface area (Å²) in [4.78, 5) is 11.4. The topological polar surface area (TPSA) is 62.5 Å². The van der Waals surface area contributed by atoms with Gasteiger partial charge in [-0.1, -0.05) is 0 Å². The van der Waals surface area contributed by atoms with E-state index in [1.54, 1.807) is 13.2 Å². The fourth-order valence-electron chi connectivity index (χ4n) is 2.31. The van der Waals surface area contributed by atoms with Crippen molar-refractivity contribution in [3.8, 4) is 0 Å². The lowest BCUT2D eigenvalue weighted by Gasteiger charge is -2.29. The van der Waals surface area contributed by atoms with Crippen molar-refractivity contribution in [2.75, 3.05) is 0 Å². The third-order valence-corrected chi connectivity index (χ3v) is 3.47. The van der Waals surface area contributed by atoms with E-state index in [0.29, 0.717) is 6.42 Å². The van der Waals surface area contributed by atoms with Crippen molar-refractivity contribution in [3.05, 3.63) is 24.2 Å². The first-order valence-corrected chi connectivity index (χ1v) is 6.06. The summed E-state index contributed by atoms with van der Waals surface area (Å²) in [6.07, 6.45) is 4.36. The van der Waals surface area contributed by atoms with Crippen LogP contribution in [0.2, 0.25) is 0 Å². The molecule has 0 bridgehead atoms. The van der Waals surface area contributed by atoms with Crippen LogP contribution in [0.15, 0.2) is 22.8 Å². The Morgan fingerprint density at radius 1 is 1.71 bits per heavy atom. The summed E-state index contributed by atoms with van der Waals surface area (Å²) in [5, 5.41) is 12.6. The Hall–Kier alpha value is -1.29. The number of hydrogen-bond donors (Lipinski definition) is 2. The predicted molar refractivity (Wildman–Crippen MR) is 63.8 cm³/mol. The first-order valence-electron chi connectivity index (χ1n) is 6.06. The maximum Gasteiger partial charge on any atom is 0.323 e. The number of aliphatic carboxylic acids is 1. The summed E-state index contributed by atoms with van der Waals surface area (Å²) in [5.74, 6) is 0.388. The van der Waals surface area contributed by atoms with Crippen LogP contribution in [0.1, 0.15) is 32.4 Å². The fraction of sp³-hybridized carbons (Fsp3) is 0.615. The second kappa shape index (κ2) is 4.53. The molecule has 1 fully saturated rings. The zero-order valence-corrected chi connectivity index (χ0v) is 10.3. The summed E-state index contributed by atoms with van der Waals surface area (Å²) in [7, 11) is 0. The number of furan rings is 1. The normalized spacial score (nSPS) is 20.8. The zero-order valence-electron chi connectivity index (χ0n) is 10.3. The van der Waals surface area contributed by atoms with E-state index in [-0.39, 0.29) is 12.0 Å². The third kappa shape index (κ3) is 2.69. The highest BCUT2D eigenvalue weighted by atomic mass is 16.4. The number of hydrogen-bond acceptors (Lipinski definition) is 3. The van der Waals surface area contributed by atoms with Gasteiger partial charge in [0.15, 0.2) is 0 Å². The highest BCUT2D eigenvalue weighted by Gasteiger charge is 2.47. The second-order valence-corrected chi connectivity index (χ2v) is 5.11. The standard InChI is InChI=1S/C13H19NO3/c1-9(8-11-4-3-7-17-11)14-13(2,12(15)16)10-5-6-10/h3-4,7,9-10,14H,5-6,8H2,1-2H3,(H,15,16). The highest BCUT2D eigenvalue weighted by molar-refractivity contribution is 5.79. The van der Waals surface area contributed by atoms with Crippen LogP contribution in [0.5, 0.6) is 0 Å². The lowest BCUT2D eigenvalue weighted by atomic mass is 9.94. The van der Waals surface area contributed by atoms with Gasteiger partial charge in [-0.15, -0.1) is 0 Å². The van der Waals surface area contributed by atoms with E-state index in [2.05, 4.69) is 5.32 Å². The Morgan fingerprint density at radius 3 is 2.88 bits per heavy atom. The molecule has 1 aliphatic carbocycles. The van der Waals surface area contributed by atoms with Gasteiger partial charge in [-0.3, -0.25) is 10.1 Å². The molecule has 2 unspecified atom stereocenters. The molecule has 4 heteroatoms. The molecule has 2 atom stereocenters. The maximum absolute atomic E-state index is 11.4. The van der Waals surface area contributed by atoms with Crippen molar-refractivity contribution in [1.29, 1.82) is 0 Å². The zero-order chi connectivity index (χ0) is 12.5. The van der Waals surface area contributed by atoms with Crippen molar-refractivity contribution in [3.63, 3.8) is 0 Å². The number of nitrogens with one attached hydrogen (secondary N) is 1. The fourth-order valence-corrected chi connectivity index (χ4v) is 2.31. The molecule has 0 amide bonds. The Kier molecular flexibility index (Phi) is 3.24. The lowest BCUT2D eigenvalue weighted by molar-refractivity contribution is -0.145. The summed E-state index contributed by atoms with van der Waals surface area (Å²) < 4.78 is 5.27. The Labute approximate surface area is 101 Å². The Morgan fingerprint density at radius 2 is 2.41 bits per heavy atom. The van der Waals surface area contributed by atoms with Gasteiger partial charge in [-0.2, -0.15) is 0 Å². The molecule has 1 saturated carbocycles.